The minimum Gasteiger partial charge on any atom is -0.399 e. The lowest BCUT2D eigenvalue weighted by molar-refractivity contribution is -0.121. The minimum absolute atomic E-state index is 0.148. The topological polar surface area (TPSA) is 55.1 Å². The summed E-state index contributed by atoms with van der Waals surface area (Å²) in [5, 5.41) is 3.78. The van der Waals surface area contributed by atoms with E-state index < -0.39 is 0 Å². The molecule has 1 aliphatic heterocycles. The first-order valence-corrected chi connectivity index (χ1v) is 9.51. The Hall–Kier alpha value is -0.810. The molecule has 3 nitrogen and oxygen atoms in total. The smallest absolute Gasteiger partial charge is 0.220 e. The number of amides is 1. The number of benzene rings is 1. The van der Waals surface area contributed by atoms with Crippen molar-refractivity contribution in [1.82, 2.24) is 5.32 Å². The molecule has 1 aromatic rings. The first-order valence-electron chi connectivity index (χ1n) is 7.13. The van der Waals surface area contributed by atoms with Gasteiger partial charge in [0.2, 0.25) is 5.91 Å². The van der Waals surface area contributed by atoms with E-state index in [-0.39, 0.29) is 5.91 Å². The zero-order valence-electron chi connectivity index (χ0n) is 11.6. The highest BCUT2D eigenvalue weighted by Crippen LogP contribution is 2.39. The molecule has 0 saturated carbocycles. The van der Waals surface area contributed by atoms with E-state index >= 15 is 0 Å². The van der Waals surface area contributed by atoms with Crippen molar-refractivity contribution in [3.05, 3.63) is 29.8 Å². The van der Waals surface area contributed by atoms with Crippen molar-refractivity contribution >= 4 is 33.2 Å². The lowest BCUT2D eigenvalue weighted by Gasteiger charge is -2.08. The lowest BCUT2D eigenvalue weighted by atomic mass is 10.1. The van der Waals surface area contributed by atoms with Crippen LogP contribution >= 0.6 is 21.6 Å². The Kier molecular flexibility index (Phi) is 6.60. The number of hydrogen-bond acceptors (Lipinski definition) is 4. The van der Waals surface area contributed by atoms with Crippen LogP contribution < -0.4 is 11.1 Å². The molecule has 1 amide bonds. The number of nitrogens with two attached hydrogens (primary N) is 1. The number of rotatable bonds is 7. The lowest BCUT2D eigenvalue weighted by Crippen LogP contribution is -2.22. The molecule has 0 aliphatic carbocycles. The molecule has 0 aromatic heterocycles. The predicted octanol–water partition coefficient (Wildman–Crippen LogP) is 3.60. The second-order valence-corrected chi connectivity index (χ2v) is 7.88. The van der Waals surface area contributed by atoms with Crippen LogP contribution in [0.5, 0.6) is 0 Å². The van der Waals surface area contributed by atoms with E-state index in [2.05, 4.69) is 5.32 Å². The van der Waals surface area contributed by atoms with Crippen molar-refractivity contribution < 1.29 is 4.79 Å². The zero-order chi connectivity index (χ0) is 14.2. The second kappa shape index (κ2) is 8.47. The Morgan fingerprint density at radius 2 is 2.10 bits per heavy atom. The molecule has 110 valence electrons. The predicted molar refractivity (Wildman–Crippen MR) is 89.6 cm³/mol. The van der Waals surface area contributed by atoms with Crippen LogP contribution in [0, 0.1) is 0 Å². The summed E-state index contributed by atoms with van der Waals surface area (Å²) in [6.07, 6.45) is 5.38. The van der Waals surface area contributed by atoms with Crippen LogP contribution in [-0.2, 0) is 11.3 Å². The average Bonchev–Trinajstić information content (AvgIpc) is 2.96. The maximum atomic E-state index is 11.7. The number of unbranched alkanes of at least 4 members (excludes halogenated alkanes) is 1. The van der Waals surface area contributed by atoms with Gasteiger partial charge in [0.1, 0.15) is 0 Å². The normalized spacial score (nSPS) is 18.1. The van der Waals surface area contributed by atoms with E-state index in [1.54, 1.807) is 0 Å². The van der Waals surface area contributed by atoms with Crippen molar-refractivity contribution in [2.24, 2.45) is 0 Å². The number of nitrogens with one attached hydrogen (secondary N) is 1. The first kappa shape index (κ1) is 15.6. The average molecular weight is 310 g/mol. The van der Waals surface area contributed by atoms with Gasteiger partial charge >= 0.3 is 0 Å². The maximum Gasteiger partial charge on any atom is 0.220 e. The molecule has 1 heterocycles. The molecule has 1 fully saturated rings. The van der Waals surface area contributed by atoms with Gasteiger partial charge in [0, 0.05) is 29.7 Å². The Morgan fingerprint density at radius 3 is 2.80 bits per heavy atom. The number of carbonyl (C=O) groups is 1. The molecule has 20 heavy (non-hydrogen) atoms. The number of carbonyl (C=O) groups excluding carboxylic acids is 1. The van der Waals surface area contributed by atoms with E-state index in [9.17, 15) is 4.79 Å². The second-order valence-electron chi connectivity index (χ2n) is 5.09. The Balaban J connectivity index is 1.54. The van der Waals surface area contributed by atoms with Crippen molar-refractivity contribution in [2.75, 3.05) is 11.5 Å². The summed E-state index contributed by atoms with van der Waals surface area (Å²) in [5.41, 5.74) is 7.47. The summed E-state index contributed by atoms with van der Waals surface area (Å²) in [4.78, 5) is 11.7. The van der Waals surface area contributed by atoms with Gasteiger partial charge in [0.25, 0.3) is 0 Å². The largest absolute Gasteiger partial charge is 0.399 e. The summed E-state index contributed by atoms with van der Waals surface area (Å²) < 4.78 is 0. The standard InChI is InChI=1S/C15H22N2OS2/c16-13-7-5-12(6-8-13)11-17-15(18)4-2-1-3-14-9-10-19-20-14/h5-8,14H,1-4,9-11,16H2,(H,17,18)/t14-/m1/s1. The van der Waals surface area contributed by atoms with Crippen molar-refractivity contribution in [2.45, 2.75) is 43.9 Å². The Bertz CT molecular complexity index is 416. The third-order valence-corrected chi connectivity index (χ3v) is 6.38. The molecular formula is C15H22N2OS2. The monoisotopic (exact) mass is 310 g/mol. The summed E-state index contributed by atoms with van der Waals surface area (Å²) in [6, 6.07) is 7.62. The highest BCUT2D eigenvalue weighted by atomic mass is 33.1. The van der Waals surface area contributed by atoms with Gasteiger partial charge in [-0.15, -0.1) is 0 Å². The van der Waals surface area contributed by atoms with Crippen LogP contribution in [0.2, 0.25) is 0 Å². The van der Waals surface area contributed by atoms with Gasteiger partial charge in [-0.05, 0) is 37.0 Å². The van der Waals surface area contributed by atoms with Gasteiger partial charge in [-0.25, -0.2) is 0 Å². The van der Waals surface area contributed by atoms with Gasteiger partial charge in [-0.3, -0.25) is 4.79 Å². The molecule has 1 atom stereocenters. The van der Waals surface area contributed by atoms with Crippen molar-refractivity contribution in [3.8, 4) is 0 Å². The molecule has 0 radical (unpaired) electrons. The third-order valence-electron chi connectivity index (χ3n) is 3.38. The Labute approximate surface area is 128 Å². The fourth-order valence-electron chi connectivity index (χ4n) is 2.15. The number of hydrogen-bond donors (Lipinski definition) is 2. The molecule has 1 saturated heterocycles. The van der Waals surface area contributed by atoms with Gasteiger partial charge in [0.15, 0.2) is 0 Å². The first-order chi connectivity index (χ1) is 9.74. The van der Waals surface area contributed by atoms with Gasteiger partial charge in [-0.2, -0.15) is 0 Å². The quantitative estimate of drug-likeness (QED) is 0.459. The molecular weight excluding hydrogens is 288 g/mol. The van der Waals surface area contributed by atoms with Crippen LogP contribution in [-0.4, -0.2) is 16.9 Å². The van der Waals surface area contributed by atoms with Gasteiger partial charge < -0.3 is 11.1 Å². The van der Waals surface area contributed by atoms with Crippen LogP contribution in [0.25, 0.3) is 0 Å². The third kappa shape index (κ3) is 5.67. The highest BCUT2D eigenvalue weighted by Gasteiger charge is 2.15. The SMILES string of the molecule is Nc1ccc(CNC(=O)CCCC[C@@H]2CCSS2)cc1. The molecule has 3 N–H and O–H groups in total. The van der Waals surface area contributed by atoms with Gasteiger partial charge in [-0.1, -0.05) is 40.1 Å². The summed E-state index contributed by atoms with van der Waals surface area (Å²) in [6.45, 7) is 0.591. The van der Waals surface area contributed by atoms with E-state index in [4.69, 9.17) is 5.73 Å². The van der Waals surface area contributed by atoms with Crippen LogP contribution in [0.3, 0.4) is 0 Å². The van der Waals surface area contributed by atoms with Gasteiger partial charge in [0.05, 0.1) is 0 Å². The van der Waals surface area contributed by atoms with E-state index in [0.29, 0.717) is 13.0 Å². The van der Waals surface area contributed by atoms with E-state index in [0.717, 1.165) is 29.3 Å². The summed E-state index contributed by atoms with van der Waals surface area (Å²) >= 11 is 0. The molecule has 0 unspecified atom stereocenters. The maximum absolute atomic E-state index is 11.7. The van der Waals surface area contributed by atoms with Crippen LogP contribution in [0.15, 0.2) is 24.3 Å². The molecule has 0 bridgehead atoms. The minimum atomic E-state index is 0.148. The molecule has 1 aromatic carbocycles. The fourth-order valence-corrected chi connectivity index (χ4v) is 5.17. The van der Waals surface area contributed by atoms with E-state index in [1.165, 1.54) is 18.6 Å². The van der Waals surface area contributed by atoms with Crippen LogP contribution in [0.4, 0.5) is 5.69 Å². The summed E-state index contributed by atoms with van der Waals surface area (Å²) in [5.74, 6) is 1.44. The summed E-state index contributed by atoms with van der Waals surface area (Å²) in [7, 11) is 4.00. The highest BCUT2D eigenvalue weighted by molar-refractivity contribution is 8.77. The van der Waals surface area contributed by atoms with E-state index in [1.807, 2.05) is 45.9 Å². The fraction of sp³-hybridized carbons (Fsp3) is 0.533. The molecule has 2 rings (SSSR count). The van der Waals surface area contributed by atoms with Crippen LogP contribution in [0.1, 0.15) is 37.7 Å². The van der Waals surface area contributed by atoms with Crippen molar-refractivity contribution in [3.63, 3.8) is 0 Å². The molecule has 0 spiro atoms. The molecule has 5 heteroatoms. The van der Waals surface area contributed by atoms with Crippen molar-refractivity contribution in [1.29, 1.82) is 0 Å². The number of anilines is 1. The zero-order valence-corrected chi connectivity index (χ0v) is 13.3. The number of nitrogen functional groups attached to an aromatic ring is 1. The molecule has 1 aliphatic rings. The Morgan fingerprint density at radius 1 is 1.30 bits per heavy atom.